The van der Waals surface area contributed by atoms with Crippen molar-refractivity contribution in [3.05, 3.63) is 59.7 Å². The summed E-state index contributed by atoms with van der Waals surface area (Å²) in [5.74, 6) is 0.524. The Hall–Kier alpha value is -3.22. The molecule has 0 aliphatic carbocycles. The molecule has 0 saturated carbocycles. The van der Waals surface area contributed by atoms with Crippen LogP contribution in [0, 0.1) is 0 Å². The summed E-state index contributed by atoms with van der Waals surface area (Å²) < 4.78 is 16.5. The van der Waals surface area contributed by atoms with Crippen LogP contribution in [0.5, 0.6) is 11.5 Å². The van der Waals surface area contributed by atoms with Gasteiger partial charge in [0.15, 0.2) is 6.10 Å². The van der Waals surface area contributed by atoms with E-state index in [1.807, 2.05) is 12.1 Å². The lowest BCUT2D eigenvalue weighted by Crippen LogP contribution is -2.34. The predicted octanol–water partition coefficient (Wildman–Crippen LogP) is 4.79. The summed E-state index contributed by atoms with van der Waals surface area (Å²) >= 11 is 0. The third kappa shape index (κ3) is 8.88. The SMILES string of the molecule is CC(C)c1ccc(O[C@H](Cc2ccc(OCCNC(=O)OC(C)(C)C)cc2)C(=O)O)cc1. The molecular formula is C25H33NO6. The summed E-state index contributed by atoms with van der Waals surface area (Å²) in [6.45, 7) is 10.2. The van der Waals surface area contributed by atoms with E-state index in [0.717, 1.165) is 5.56 Å². The third-order valence-corrected chi connectivity index (χ3v) is 4.48. The van der Waals surface area contributed by atoms with Crippen molar-refractivity contribution in [2.45, 2.75) is 58.7 Å². The molecule has 2 aromatic carbocycles. The van der Waals surface area contributed by atoms with Gasteiger partial charge < -0.3 is 24.6 Å². The Kier molecular flexibility index (Phi) is 8.93. The van der Waals surface area contributed by atoms with E-state index in [1.54, 1.807) is 57.2 Å². The number of carboxylic acids is 1. The number of amides is 1. The molecule has 174 valence electrons. The number of hydrogen-bond donors (Lipinski definition) is 2. The Bertz CT molecular complexity index is 869. The summed E-state index contributed by atoms with van der Waals surface area (Å²) in [6.07, 6.45) is -1.26. The second kappa shape index (κ2) is 11.4. The normalized spacial score (nSPS) is 12.2. The summed E-state index contributed by atoms with van der Waals surface area (Å²) in [5, 5.41) is 12.2. The summed E-state index contributed by atoms with van der Waals surface area (Å²) in [4.78, 5) is 23.3. The van der Waals surface area contributed by atoms with E-state index in [2.05, 4.69) is 19.2 Å². The van der Waals surface area contributed by atoms with Crippen molar-refractivity contribution in [3.63, 3.8) is 0 Å². The molecule has 0 bridgehead atoms. The van der Waals surface area contributed by atoms with Crippen molar-refractivity contribution >= 4 is 12.1 Å². The number of carbonyl (C=O) groups is 2. The number of ether oxygens (including phenoxy) is 3. The van der Waals surface area contributed by atoms with Gasteiger partial charge in [-0.25, -0.2) is 9.59 Å². The van der Waals surface area contributed by atoms with Gasteiger partial charge in [0.05, 0.1) is 6.54 Å². The summed E-state index contributed by atoms with van der Waals surface area (Å²) in [5.41, 5.74) is 1.44. The number of hydrogen-bond acceptors (Lipinski definition) is 5. The molecular weight excluding hydrogens is 410 g/mol. The van der Waals surface area contributed by atoms with E-state index < -0.39 is 23.8 Å². The highest BCUT2D eigenvalue weighted by Crippen LogP contribution is 2.21. The first-order valence-electron chi connectivity index (χ1n) is 10.7. The number of carboxylic acid groups (broad SMARTS) is 1. The molecule has 0 aliphatic heterocycles. The van der Waals surface area contributed by atoms with Crippen molar-refractivity contribution in [2.24, 2.45) is 0 Å². The Labute approximate surface area is 189 Å². The van der Waals surface area contributed by atoms with Gasteiger partial charge in [-0.1, -0.05) is 38.1 Å². The molecule has 0 spiro atoms. The molecule has 2 aromatic rings. The van der Waals surface area contributed by atoms with Crippen molar-refractivity contribution < 1.29 is 28.9 Å². The highest BCUT2D eigenvalue weighted by molar-refractivity contribution is 5.73. The maximum Gasteiger partial charge on any atom is 0.407 e. The Morgan fingerprint density at radius 2 is 1.56 bits per heavy atom. The Morgan fingerprint density at radius 3 is 2.09 bits per heavy atom. The molecule has 2 N–H and O–H groups in total. The van der Waals surface area contributed by atoms with Gasteiger partial charge in [-0.05, 0) is 62.1 Å². The van der Waals surface area contributed by atoms with E-state index in [0.29, 0.717) is 24.0 Å². The Morgan fingerprint density at radius 1 is 0.969 bits per heavy atom. The minimum Gasteiger partial charge on any atom is -0.492 e. The van der Waals surface area contributed by atoms with Gasteiger partial charge in [0, 0.05) is 6.42 Å². The zero-order chi connectivity index (χ0) is 23.7. The van der Waals surface area contributed by atoms with E-state index in [9.17, 15) is 14.7 Å². The molecule has 7 heteroatoms. The zero-order valence-corrected chi connectivity index (χ0v) is 19.4. The van der Waals surface area contributed by atoms with Crippen LogP contribution in [0.2, 0.25) is 0 Å². The average molecular weight is 444 g/mol. The van der Waals surface area contributed by atoms with Gasteiger partial charge in [-0.2, -0.15) is 0 Å². The number of aliphatic carboxylic acids is 1. The van der Waals surface area contributed by atoms with Crippen LogP contribution in [0.3, 0.4) is 0 Å². The number of alkyl carbamates (subject to hydrolysis) is 1. The molecule has 0 radical (unpaired) electrons. The lowest BCUT2D eigenvalue weighted by molar-refractivity contribution is -0.145. The number of benzene rings is 2. The smallest absolute Gasteiger partial charge is 0.407 e. The fraction of sp³-hybridized carbons (Fsp3) is 0.440. The van der Waals surface area contributed by atoms with E-state index in [4.69, 9.17) is 14.2 Å². The van der Waals surface area contributed by atoms with Crippen LogP contribution in [0.15, 0.2) is 48.5 Å². The van der Waals surface area contributed by atoms with Crippen LogP contribution in [0.1, 0.15) is 51.7 Å². The largest absolute Gasteiger partial charge is 0.492 e. The second-order valence-electron chi connectivity index (χ2n) is 8.79. The minimum atomic E-state index is -1.02. The van der Waals surface area contributed by atoms with Gasteiger partial charge >= 0.3 is 12.1 Å². The molecule has 2 rings (SSSR count). The lowest BCUT2D eigenvalue weighted by atomic mass is 10.0. The maximum atomic E-state index is 11.7. The van der Waals surface area contributed by atoms with Gasteiger partial charge in [0.25, 0.3) is 0 Å². The van der Waals surface area contributed by atoms with Gasteiger partial charge in [-0.15, -0.1) is 0 Å². The quantitative estimate of drug-likeness (QED) is 0.513. The van der Waals surface area contributed by atoms with Crippen LogP contribution in [-0.4, -0.2) is 42.0 Å². The average Bonchev–Trinajstić information content (AvgIpc) is 2.71. The number of rotatable bonds is 10. The minimum absolute atomic E-state index is 0.224. The van der Waals surface area contributed by atoms with Crippen LogP contribution in [0.4, 0.5) is 4.79 Å². The van der Waals surface area contributed by atoms with Crippen molar-refractivity contribution in [3.8, 4) is 11.5 Å². The molecule has 0 unspecified atom stereocenters. The standard InChI is InChI=1S/C25H33NO6/c1-17(2)19-8-12-21(13-9-19)31-22(23(27)28)16-18-6-10-20(11-7-18)30-15-14-26-24(29)32-25(3,4)5/h6-13,17,22H,14-16H2,1-5H3,(H,26,29)(H,27,28)/t22-/m1/s1. The monoisotopic (exact) mass is 443 g/mol. The third-order valence-electron chi connectivity index (χ3n) is 4.48. The van der Waals surface area contributed by atoms with Crippen molar-refractivity contribution in [1.29, 1.82) is 0 Å². The summed E-state index contributed by atoms with van der Waals surface area (Å²) in [7, 11) is 0. The van der Waals surface area contributed by atoms with Crippen LogP contribution >= 0.6 is 0 Å². The highest BCUT2D eigenvalue weighted by atomic mass is 16.6. The molecule has 1 atom stereocenters. The molecule has 0 heterocycles. The van der Waals surface area contributed by atoms with Crippen LogP contribution in [0.25, 0.3) is 0 Å². The molecule has 0 aliphatic rings. The molecule has 0 fully saturated rings. The molecule has 32 heavy (non-hydrogen) atoms. The van der Waals surface area contributed by atoms with E-state index in [1.165, 1.54) is 5.56 Å². The van der Waals surface area contributed by atoms with Gasteiger partial charge in [-0.3, -0.25) is 0 Å². The van der Waals surface area contributed by atoms with Crippen LogP contribution < -0.4 is 14.8 Å². The van der Waals surface area contributed by atoms with Gasteiger partial charge in [0.2, 0.25) is 0 Å². The molecule has 1 amide bonds. The van der Waals surface area contributed by atoms with Gasteiger partial charge in [0.1, 0.15) is 23.7 Å². The fourth-order valence-electron chi connectivity index (χ4n) is 2.85. The number of nitrogens with one attached hydrogen (secondary N) is 1. The molecule has 0 aromatic heterocycles. The van der Waals surface area contributed by atoms with Crippen molar-refractivity contribution in [2.75, 3.05) is 13.2 Å². The first-order chi connectivity index (χ1) is 15.0. The number of carbonyl (C=O) groups excluding carboxylic acids is 1. The predicted molar refractivity (Wildman–Crippen MR) is 122 cm³/mol. The van der Waals surface area contributed by atoms with Crippen LogP contribution in [-0.2, 0) is 16.0 Å². The van der Waals surface area contributed by atoms with Crippen molar-refractivity contribution in [1.82, 2.24) is 5.32 Å². The summed E-state index contributed by atoms with van der Waals surface area (Å²) in [6, 6.07) is 14.6. The van der Waals surface area contributed by atoms with E-state index in [-0.39, 0.29) is 13.0 Å². The molecule has 0 saturated heterocycles. The Balaban J connectivity index is 1.84. The lowest BCUT2D eigenvalue weighted by Gasteiger charge is -2.19. The highest BCUT2D eigenvalue weighted by Gasteiger charge is 2.20. The zero-order valence-electron chi connectivity index (χ0n) is 19.4. The first-order valence-corrected chi connectivity index (χ1v) is 10.7. The first kappa shape index (κ1) is 25.0. The molecule has 7 nitrogen and oxygen atoms in total. The topological polar surface area (TPSA) is 94.1 Å². The van der Waals surface area contributed by atoms with E-state index >= 15 is 0 Å². The maximum absolute atomic E-state index is 11.7. The fourth-order valence-corrected chi connectivity index (χ4v) is 2.85. The second-order valence-corrected chi connectivity index (χ2v) is 8.79.